The Kier molecular flexibility index (Phi) is 4.92. The highest BCUT2D eigenvalue weighted by Crippen LogP contribution is 2.33. The van der Waals surface area contributed by atoms with Crippen LogP contribution in [0, 0.1) is 5.92 Å². The van der Waals surface area contributed by atoms with Gasteiger partial charge in [0, 0.05) is 43.2 Å². The van der Waals surface area contributed by atoms with Crippen molar-refractivity contribution in [2.45, 2.75) is 77.4 Å². The fourth-order valence-electron chi connectivity index (χ4n) is 4.42. The molecule has 1 saturated carbocycles. The summed E-state index contributed by atoms with van der Waals surface area (Å²) < 4.78 is 0. The number of carbonyl (C=O) groups excluding carboxylic acids is 2. The molecule has 3 rings (SSSR count). The lowest BCUT2D eigenvalue weighted by Gasteiger charge is -2.48. The Labute approximate surface area is 146 Å². The molecule has 5 heteroatoms. The van der Waals surface area contributed by atoms with Gasteiger partial charge in [0.2, 0.25) is 11.8 Å². The average molecular weight is 335 g/mol. The molecule has 2 aliphatic heterocycles. The SMILES string of the molecule is C[C@@H]1CCC[C@@H](C)N1C(=O)CN1CCN(C(=O)C2CC2)CC1(C)C. The molecule has 0 aromatic heterocycles. The van der Waals surface area contributed by atoms with Crippen molar-refractivity contribution < 1.29 is 9.59 Å². The molecule has 136 valence electrons. The summed E-state index contributed by atoms with van der Waals surface area (Å²) in [6.45, 7) is 11.4. The minimum Gasteiger partial charge on any atom is -0.339 e. The van der Waals surface area contributed by atoms with Crippen LogP contribution in [-0.4, -0.2) is 70.3 Å². The minimum absolute atomic E-state index is 0.138. The van der Waals surface area contributed by atoms with Crippen LogP contribution in [0.25, 0.3) is 0 Å². The summed E-state index contributed by atoms with van der Waals surface area (Å²) >= 11 is 0. The van der Waals surface area contributed by atoms with E-state index in [2.05, 4.69) is 37.5 Å². The number of piperazine rings is 1. The molecule has 0 aromatic rings. The summed E-state index contributed by atoms with van der Waals surface area (Å²) in [6, 6.07) is 0.698. The number of amides is 2. The number of rotatable bonds is 3. The maximum absolute atomic E-state index is 12.9. The van der Waals surface area contributed by atoms with E-state index < -0.39 is 0 Å². The van der Waals surface area contributed by atoms with Crippen molar-refractivity contribution >= 4 is 11.8 Å². The van der Waals surface area contributed by atoms with Crippen LogP contribution in [0.3, 0.4) is 0 Å². The van der Waals surface area contributed by atoms with E-state index in [1.54, 1.807) is 0 Å². The van der Waals surface area contributed by atoms with E-state index in [0.29, 0.717) is 24.5 Å². The lowest BCUT2D eigenvalue weighted by atomic mass is 9.96. The molecule has 0 spiro atoms. The zero-order valence-electron chi connectivity index (χ0n) is 15.8. The molecule has 2 atom stereocenters. The molecule has 0 radical (unpaired) electrons. The van der Waals surface area contributed by atoms with Crippen molar-refractivity contribution in [3.63, 3.8) is 0 Å². The van der Waals surface area contributed by atoms with Crippen LogP contribution in [-0.2, 0) is 9.59 Å². The lowest BCUT2D eigenvalue weighted by molar-refractivity contribution is -0.144. The topological polar surface area (TPSA) is 43.9 Å². The third kappa shape index (κ3) is 3.61. The maximum Gasteiger partial charge on any atom is 0.237 e. The highest BCUT2D eigenvalue weighted by atomic mass is 16.2. The van der Waals surface area contributed by atoms with Crippen LogP contribution >= 0.6 is 0 Å². The molecule has 0 N–H and O–H groups in total. The third-order valence-corrected chi connectivity index (χ3v) is 6.12. The third-order valence-electron chi connectivity index (χ3n) is 6.12. The second kappa shape index (κ2) is 6.66. The van der Waals surface area contributed by atoms with E-state index in [4.69, 9.17) is 0 Å². The fourth-order valence-corrected chi connectivity index (χ4v) is 4.42. The van der Waals surface area contributed by atoms with Crippen molar-refractivity contribution in [3.8, 4) is 0 Å². The van der Waals surface area contributed by atoms with Gasteiger partial charge in [0.05, 0.1) is 6.54 Å². The number of hydrogen-bond acceptors (Lipinski definition) is 3. The van der Waals surface area contributed by atoms with Crippen molar-refractivity contribution in [1.29, 1.82) is 0 Å². The van der Waals surface area contributed by atoms with Gasteiger partial charge in [-0.25, -0.2) is 0 Å². The number of piperidine rings is 1. The Morgan fingerprint density at radius 2 is 1.62 bits per heavy atom. The predicted molar refractivity (Wildman–Crippen MR) is 94.6 cm³/mol. The Morgan fingerprint density at radius 1 is 1.00 bits per heavy atom. The molecule has 0 bridgehead atoms. The number of nitrogens with zero attached hydrogens (tertiary/aromatic N) is 3. The van der Waals surface area contributed by atoms with E-state index in [1.807, 2.05) is 4.90 Å². The zero-order valence-corrected chi connectivity index (χ0v) is 15.8. The molecule has 1 aliphatic carbocycles. The smallest absolute Gasteiger partial charge is 0.237 e. The normalized spacial score (nSPS) is 31.2. The first-order chi connectivity index (χ1) is 11.3. The van der Waals surface area contributed by atoms with E-state index >= 15 is 0 Å². The zero-order chi connectivity index (χ0) is 17.5. The highest BCUT2D eigenvalue weighted by Gasteiger charge is 2.41. The molecular formula is C19H33N3O2. The minimum atomic E-state index is -0.138. The summed E-state index contributed by atoms with van der Waals surface area (Å²) in [5.41, 5.74) is -0.138. The van der Waals surface area contributed by atoms with Crippen LogP contribution in [0.4, 0.5) is 0 Å². The van der Waals surface area contributed by atoms with E-state index in [1.165, 1.54) is 6.42 Å². The van der Waals surface area contributed by atoms with Crippen LogP contribution in [0.5, 0.6) is 0 Å². The van der Waals surface area contributed by atoms with Crippen LogP contribution in [0.2, 0.25) is 0 Å². The van der Waals surface area contributed by atoms with Crippen molar-refractivity contribution in [3.05, 3.63) is 0 Å². The molecule has 2 amide bonds. The average Bonchev–Trinajstić information content (AvgIpc) is 3.32. The van der Waals surface area contributed by atoms with E-state index in [0.717, 1.165) is 45.3 Å². The predicted octanol–water partition coefficient (Wildman–Crippen LogP) is 2.11. The van der Waals surface area contributed by atoms with Gasteiger partial charge in [-0.3, -0.25) is 14.5 Å². The molecule has 3 aliphatic rings. The van der Waals surface area contributed by atoms with E-state index in [-0.39, 0.29) is 17.4 Å². The van der Waals surface area contributed by atoms with Gasteiger partial charge < -0.3 is 9.80 Å². The molecule has 0 unspecified atom stereocenters. The molecular weight excluding hydrogens is 302 g/mol. The van der Waals surface area contributed by atoms with Gasteiger partial charge in [-0.15, -0.1) is 0 Å². The lowest BCUT2D eigenvalue weighted by Crippen LogP contribution is -2.63. The monoisotopic (exact) mass is 335 g/mol. The molecule has 2 heterocycles. The fraction of sp³-hybridized carbons (Fsp3) is 0.895. The second-order valence-corrected chi connectivity index (χ2v) is 8.70. The summed E-state index contributed by atoms with van der Waals surface area (Å²) in [7, 11) is 0. The standard InChI is InChI=1S/C19H33N3O2/c1-14-6-5-7-15(2)22(14)17(23)12-21-11-10-20(13-19(21,3)4)18(24)16-8-9-16/h14-16H,5-13H2,1-4H3/t14-,15-/m1/s1. The largest absolute Gasteiger partial charge is 0.339 e. The maximum atomic E-state index is 12.9. The Balaban J connectivity index is 1.60. The van der Waals surface area contributed by atoms with Crippen molar-refractivity contribution in [1.82, 2.24) is 14.7 Å². The van der Waals surface area contributed by atoms with Crippen LogP contribution in [0.15, 0.2) is 0 Å². The van der Waals surface area contributed by atoms with Gasteiger partial charge in [0.1, 0.15) is 0 Å². The number of carbonyl (C=O) groups is 2. The van der Waals surface area contributed by atoms with Crippen LogP contribution in [0.1, 0.15) is 59.8 Å². The quantitative estimate of drug-likeness (QED) is 0.793. The van der Waals surface area contributed by atoms with E-state index in [9.17, 15) is 9.59 Å². The van der Waals surface area contributed by atoms with Crippen molar-refractivity contribution in [2.24, 2.45) is 5.92 Å². The summed E-state index contributed by atoms with van der Waals surface area (Å²) in [6.07, 6.45) is 5.57. The summed E-state index contributed by atoms with van der Waals surface area (Å²) in [5, 5.41) is 0. The van der Waals surface area contributed by atoms with Gasteiger partial charge in [0.25, 0.3) is 0 Å². The highest BCUT2D eigenvalue weighted by molar-refractivity contribution is 5.81. The summed E-state index contributed by atoms with van der Waals surface area (Å²) in [5.74, 6) is 0.862. The first-order valence-electron chi connectivity index (χ1n) is 9.64. The van der Waals surface area contributed by atoms with Gasteiger partial charge in [-0.1, -0.05) is 0 Å². The van der Waals surface area contributed by atoms with Gasteiger partial charge in [-0.05, 0) is 59.8 Å². The second-order valence-electron chi connectivity index (χ2n) is 8.70. The molecule has 3 fully saturated rings. The first-order valence-corrected chi connectivity index (χ1v) is 9.64. The molecule has 2 saturated heterocycles. The molecule has 0 aromatic carbocycles. The van der Waals surface area contributed by atoms with Gasteiger partial charge in [-0.2, -0.15) is 0 Å². The van der Waals surface area contributed by atoms with Gasteiger partial charge >= 0.3 is 0 Å². The number of likely N-dealkylation sites (tertiary alicyclic amines) is 1. The Hall–Kier alpha value is -1.10. The number of hydrogen-bond donors (Lipinski definition) is 0. The molecule has 5 nitrogen and oxygen atoms in total. The van der Waals surface area contributed by atoms with Crippen molar-refractivity contribution in [2.75, 3.05) is 26.2 Å². The first kappa shape index (κ1) is 17.7. The Bertz CT molecular complexity index is 491. The Morgan fingerprint density at radius 3 is 2.17 bits per heavy atom. The van der Waals surface area contributed by atoms with Gasteiger partial charge in [0.15, 0.2) is 0 Å². The molecule has 24 heavy (non-hydrogen) atoms. The van der Waals surface area contributed by atoms with Crippen LogP contribution < -0.4 is 0 Å². The summed E-state index contributed by atoms with van der Waals surface area (Å²) in [4.78, 5) is 31.6.